The van der Waals surface area contributed by atoms with Gasteiger partial charge in [0, 0.05) is 20.8 Å². The quantitative estimate of drug-likeness (QED) is 0.263. The van der Waals surface area contributed by atoms with E-state index >= 15 is 0 Å². The number of Topliss-reactive ketones (excluding diaryl/α,β-unsaturated/α-hetero) is 3. The molecule has 0 bridgehead atoms. The number of rotatable bonds is 8. The smallest absolute Gasteiger partial charge is 0.234 e. The number of amides is 2. The summed E-state index contributed by atoms with van der Waals surface area (Å²) in [4.78, 5) is 59.8. The number of hydrogen-bond donors (Lipinski definition) is 4. The first kappa shape index (κ1) is 22.0. The minimum Gasteiger partial charge on any atom is -0.394 e. The Kier molecular flexibility index (Phi) is 7.51. The summed E-state index contributed by atoms with van der Waals surface area (Å²) in [7, 11) is 0. The Hall–Kier alpha value is -2.01. The van der Waals surface area contributed by atoms with Gasteiger partial charge in [-0.25, -0.2) is 0 Å². The van der Waals surface area contributed by atoms with Gasteiger partial charge in [-0.15, -0.1) is 0 Å². The molecule has 0 fully saturated rings. The number of aliphatic hydroxyl groups is 4. The Bertz CT molecular complexity index is 544. The van der Waals surface area contributed by atoms with Crippen molar-refractivity contribution in [2.75, 3.05) is 6.61 Å². The molecule has 10 heteroatoms. The van der Waals surface area contributed by atoms with Gasteiger partial charge in [0.25, 0.3) is 0 Å². The zero-order chi connectivity index (χ0) is 19.4. The van der Waals surface area contributed by atoms with Gasteiger partial charge in [-0.2, -0.15) is 0 Å². The van der Waals surface area contributed by atoms with E-state index < -0.39 is 59.6 Å². The van der Waals surface area contributed by atoms with Crippen molar-refractivity contribution < 1.29 is 44.4 Å². The van der Waals surface area contributed by atoms with Crippen molar-refractivity contribution in [3.05, 3.63) is 0 Å². The molecule has 0 radical (unpaired) electrons. The van der Waals surface area contributed by atoms with E-state index in [-0.39, 0.29) is 4.90 Å². The van der Waals surface area contributed by atoms with Gasteiger partial charge < -0.3 is 20.4 Å². The average Bonchev–Trinajstić information content (AvgIpc) is 2.47. The second-order valence-corrected chi connectivity index (χ2v) is 5.27. The normalized spacial score (nSPS) is 17.2. The van der Waals surface area contributed by atoms with Crippen LogP contribution in [0, 0.1) is 0 Å². The van der Waals surface area contributed by atoms with E-state index in [1.165, 1.54) is 0 Å². The van der Waals surface area contributed by atoms with Crippen molar-refractivity contribution in [2.45, 2.75) is 51.5 Å². The van der Waals surface area contributed by atoms with E-state index in [2.05, 4.69) is 0 Å². The Labute approximate surface area is 137 Å². The molecule has 0 aromatic rings. The Morgan fingerprint density at radius 1 is 0.917 bits per heavy atom. The SMILES string of the molecule is CC(=O)C(=O)[C@@](C(C)=O)([C@@H](O)[C@@H](O)[C@H](O)CO)N(C(C)=O)C(C)=O. The summed E-state index contributed by atoms with van der Waals surface area (Å²) in [6, 6.07) is 0. The lowest BCUT2D eigenvalue weighted by atomic mass is 9.76. The van der Waals surface area contributed by atoms with Crippen LogP contribution in [0.25, 0.3) is 0 Å². The zero-order valence-corrected chi connectivity index (χ0v) is 13.7. The summed E-state index contributed by atoms with van der Waals surface area (Å²) in [5, 5.41) is 38.5. The highest BCUT2D eigenvalue weighted by molar-refractivity contribution is 6.45. The Balaban J connectivity index is 6.70. The molecule has 2 amide bonds. The zero-order valence-electron chi connectivity index (χ0n) is 13.7. The maximum absolute atomic E-state index is 12.4. The first-order valence-electron chi connectivity index (χ1n) is 6.90. The minimum atomic E-state index is -3.06. The highest BCUT2D eigenvalue weighted by Gasteiger charge is 2.60. The lowest BCUT2D eigenvalue weighted by Crippen LogP contribution is -2.73. The predicted octanol–water partition coefficient (Wildman–Crippen LogP) is -3.06. The molecule has 24 heavy (non-hydrogen) atoms. The van der Waals surface area contributed by atoms with Crippen molar-refractivity contribution in [1.29, 1.82) is 0 Å². The first-order valence-corrected chi connectivity index (χ1v) is 6.90. The first-order chi connectivity index (χ1) is 10.9. The van der Waals surface area contributed by atoms with E-state index in [0.29, 0.717) is 0 Å². The van der Waals surface area contributed by atoms with Crippen LogP contribution in [-0.2, 0) is 24.0 Å². The largest absolute Gasteiger partial charge is 0.394 e. The van der Waals surface area contributed by atoms with Crippen LogP contribution in [0.1, 0.15) is 27.7 Å². The number of ketones is 3. The predicted molar refractivity (Wildman–Crippen MR) is 77.4 cm³/mol. The molecule has 136 valence electrons. The van der Waals surface area contributed by atoms with Crippen LogP contribution < -0.4 is 0 Å². The van der Waals surface area contributed by atoms with Crippen LogP contribution in [0.5, 0.6) is 0 Å². The van der Waals surface area contributed by atoms with Gasteiger partial charge in [0.15, 0.2) is 11.6 Å². The summed E-state index contributed by atoms with van der Waals surface area (Å²) in [6.07, 6.45) is -6.84. The lowest BCUT2D eigenvalue weighted by Gasteiger charge is -2.43. The monoisotopic (exact) mass is 347 g/mol. The summed E-state index contributed by atoms with van der Waals surface area (Å²) < 4.78 is 0. The van der Waals surface area contributed by atoms with Crippen molar-refractivity contribution in [3.63, 3.8) is 0 Å². The van der Waals surface area contributed by atoms with Gasteiger partial charge in [-0.3, -0.25) is 28.9 Å². The van der Waals surface area contributed by atoms with Crippen LogP contribution in [0.15, 0.2) is 0 Å². The number of carbonyl (C=O) groups is 5. The van der Waals surface area contributed by atoms with Gasteiger partial charge in [0.2, 0.25) is 23.1 Å². The molecule has 0 aliphatic heterocycles. The molecular weight excluding hydrogens is 326 g/mol. The Morgan fingerprint density at radius 3 is 1.58 bits per heavy atom. The summed E-state index contributed by atoms with van der Waals surface area (Å²) in [6.45, 7) is 2.06. The van der Waals surface area contributed by atoms with Crippen LogP contribution in [0.3, 0.4) is 0 Å². The minimum absolute atomic E-state index is 0.0665. The van der Waals surface area contributed by atoms with Crippen LogP contribution in [0.2, 0.25) is 0 Å². The molecule has 4 N–H and O–H groups in total. The average molecular weight is 347 g/mol. The molecule has 0 aliphatic carbocycles. The summed E-state index contributed by atoms with van der Waals surface area (Å²) >= 11 is 0. The molecule has 0 heterocycles. The third-order valence-corrected chi connectivity index (χ3v) is 3.52. The number of hydrogen-bond acceptors (Lipinski definition) is 9. The topological polar surface area (TPSA) is 170 Å². The number of nitrogens with zero attached hydrogens (tertiary/aromatic N) is 1. The van der Waals surface area contributed by atoms with E-state index in [4.69, 9.17) is 5.11 Å². The molecule has 0 spiro atoms. The maximum Gasteiger partial charge on any atom is 0.234 e. The molecule has 0 saturated carbocycles. The fourth-order valence-electron chi connectivity index (χ4n) is 2.45. The molecule has 0 aromatic carbocycles. The lowest BCUT2D eigenvalue weighted by molar-refractivity contribution is -0.180. The molecular formula is C14H21NO9. The van der Waals surface area contributed by atoms with Crippen molar-refractivity contribution in [1.82, 2.24) is 4.90 Å². The number of carbonyl (C=O) groups excluding carboxylic acids is 5. The standard InChI is InChI=1S/C14H21NO9/c1-6(17)12(23)14(7(2)18,15(8(3)19)9(4)20)13(24)11(22)10(21)5-16/h10-11,13,16,21-22,24H,5H2,1-4H3/t10-,11+,13+,14+/m1/s1. The van der Waals surface area contributed by atoms with Gasteiger partial charge in [-0.05, 0) is 6.92 Å². The van der Waals surface area contributed by atoms with Crippen molar-refractivity contribution >= 4 is 29.2 Å². The van der Waals surface area contributed by atoms with E-state index in [9.17, 15) is 39.3 Å². The highest BCUT2D eigenvalue weighted by atomic mass is 16.4. The third-order valence-electron chi connectivity index (χ3n) is 3.52. The molecule has 4 atom stereocenters. The van der Waals surface area contributed by atoms with Gasteiger partial charge >= 0.3 is 0 Å². The second kappa shape index (κ2) is 8.20. The van der Waals surface area contributed by atoms with E-state index in [1.807, 2.05) is 0 Å². The fraction of sp³-hybridized carbons (Fsp3) is 0.643. The molecule has 0 saturated heterocycles. The van der Waals surface area contributed by atoms with E-state index in [0.717, 1.165) is 27.7 Å². The van der Waals surface area contributed by atoms with Gasteiger partial charge in [0.05, 0.1) is 6.61 Å². The molecule has 0 unspecified atom stereocenters. The molecule has 0 aliphatic rings. The molecule has 0 rings (SSSR count). The third kappa shape index (κ3) is 3.73. The maximum atomic E-state index is 12.4. The number of imide groups is 1. The van der Waals surface area contributed by atoms with Crippen molar-refractivity contribution in [2.24, 2.45) is 0 Å². The highest BCUT2D eigenvalue weighted by Crippen LogP contribution is 2.28. The Morgan fingerprint density at radius 2 is 1.33 bits per heavy atom. The second-order valence-electron chi connectivity index (χ2n) is 5.27. The van der Waals surface area contributed by atoms with E-state index in [1.54, 1.807) is 0 Å². The molecule has 0 aromatic heterocycles. The van der Waals surface area contributed by atoms with Crippen molar-refractivity contribution in [3.8, 4) is 0 Å². The van der Waals surface area contributed by atoms with Crippen LogP contribution in [-0.4, -0.2) is 84.9 Å². The van der Waals surface area contributed by atoms with Crippen LogP contribution in [0.4, 0.5) is 0 Å². The summed E-state index contributed by atoms with van der Waals surface area (Å²) in [5.74, 6) is -6.43. The summed E-state index contributed by atoms with van der Waals surface area (Å²) in [5.41, 5.74) is -3.06. The van der Waals surface area contributed by atoms with Gasteiger partial charge in [0.1, 0.15) is 18.3 Å². The number of aliphatic hydroxyl groups excluding tert-OH is 4. The van der Waals surface area contributed by atoms with Gasteiger partial charge in [-0.1, -0.05) is 0 Å². The molecule has 10 nitrogen and oxygen atoms in total. The van der Waals surface area contributed by atoms with Crippen LogP contribution >= 0.6 is 0 Å². The fourth-order valence-corrected chi connectivity index (χ4v) is 2.45.